The molecular weight excluding hydrogens is 250 g/mol. The van der Waals surface area contributed by atoms with E-state index in [1.807, 2.05) is 0 Å². The number of halogens is 1. The number of hydrogen-bond donors (Lipinski definition) is 1. The third-order valence-electron chi connectivity index (χ3n) is 3.28. The first-order valence-corrected chi connectivity index (χ1v) is 6.97. The fourth-order valence-electron chi connectivity index (χ4n) is 2.29. The van der Waals surface area contributed by atoms with Crippen LogP contribution in [-0.4, -0.2) is 28.7 Å². The highest BCUT2D eigenvalue weighted by molar-refractivity contribution is 6.30. The second-order valence-corrected chi connectivity index (χ2v) is 5.08. The molecule has 1 aliphatic heterocycles. The summed E-state index contributed by atoms with van der Waals surface area (Å²) in [6.45, 7) is 5.11. The zero-order valence-corrected chi connectivity index (χ0v) is 11.7. The summed E-state index contributed by atoms with van der Waals surface area (Å²) in [6, 6.07) is 0.245. The molecule has 2 heterocycles. The van der Waals surface area contributed by atoms with Gasteiger partial charge in [0.2, 0.25) is 0 Å². The minimum Gasteiger partial charge on any atom is -0.376 e. The molecule has 0 amide bonds. The van der Waals surface area contributed by atoms with E-state index in [4.69, 9.17) is 16.3 Å². The predicted molar refractivity (Wildman–Crippen MR) is 73.1 cm³/mol. The van der Waals surface area contributed by atoms with Gasteiger partial charge in [-0.15, -0.1) is 0 Å². The topological polar surface area (TPSA) is 47.0 Å². The van der Waals surface area contributed by atoms with Gasteiger partial charge in [-0.1, -0.05) is 24.9 Å². The maximum absolute atomic E-state index is 6.13. The van der Waals surface area contributed by atoms with Gasteiger partial charge in [-0.2, -0.15) is 0 Å². The molecule has 0 aliphatic carbocycles. The van der Waals surface area contributed by atoms with Gasteiger partial charge in [-0.3, -0.25) is 0 Å². The molecule has 1 N–H and O–H groups in total. The van der Waals surface area contributed by atoms with Crippen LogP contribution in [0.1, 0.15) is 38.7 Å². The Kier molecular flexibility index (Phi) is 4.78. The van der Waals surface area contributed by atoms with E-state index >= 15 is 0 Å². The molecule has 2 rings (SSSR count). The maximum atomic E-state index is 6.13. The summed E-state index contributed by atoms with van der Waals surface area (Å²) in [7, 11) is 0. The lowest BCUT2D eigenvalue weighted by Gasteiger charge is -2.22. The van der Waals surface area contributed by atoms with E-state index in [1.165, 1.54) is 6.33 Å². The molecule has 18 heavy (non-hydrogen) atoms. The van der Waals surface area contributed by atoms with Crippen LogP contribution in [0.15, 0.2) is 6.33 Å². The normalized spacial score (nSPS) is 20.9. The molecule has 2 atom stereocenters. The molecular formula is C13H20ClN3O. The van der Waals surface area contributed by atoms with Gasteiger partial charge < -0.3 is 10.1 Å². The molecule has 0 saturated carbocycles. The first-order valence-electron chi connectivity index (χ1n) is 6.60. The monoisotopic (exact) mass is 269 g/mol. The fourth-order valence-corrected chi connectivity index (χ4v) is 2.52. The van der Waals surface area contributed by atoms with Gasteiger partial charge in [0.05, 0.1) is 12.1 Å². The second kappa shape index (κ2) is 6.34. The van der Waals surface area contributed by atoms with Gasteiger partial charge in [-0.25, -0.2) is 9.97 Å². The number of ether oxygens (including phenoxy) is 1. The average Bonchev–Trinajstić information content (AvgIpc) is 2.87. The Morgan fingerprint density at radius 1 is 1.56 bits per heavy atom. The highest BCUT2D eigenvalue weighted by Gasteiger charge is 2.23. The van der Waals surface area contributed by atoms with Gasteiger partial charge in [-0.05, 0) is 26.2 Å². The molecule has 0 spiro atoms. The van der Waals surface area contributed by atoms with E-state index in [2.05, 4.69) is 29.1 Å². The van der Waals surface area contributed by atoms with Crippen molar-refractivity contribution < 1.29 is 4.74 Å². The molecule has 100 valence electrons. The lowest BCUT2D eigenvalue weighted by atomic mass is 10.1. The molecule has 1 aromatic heterocycles. The largest absolute Gasteiger partial charge is 0.376 e. The van der Waals surface area contributed by atoms with E-state index in [1.54, 1.807) is 0 Å². The highest BCUT2D eigenvalue weighted by atomic mass is 35.5. The summed E-state index contributed by atoms with van der Waals surface area (Å²) < 4.78 is 5.68. The zero-order chi connectivity index (χ0) is 13.0. The van der Waals surface area contributed by atoms with Crippen molar-refractivity contribution in [3.63, 3.8) is 0 Å². The lowest BCUT2D eigenvalue weighted by molar-refractivity contribution is 0.0995. The van der Waals surface area contributed by atoms with Crippen molar-refractivity contribution in [2.24, 2.45) is 0 Å². The minimum atomic E-state index is 0.245. The van der Waals surface area contributed by atoms with E-state index in [9.17, 15) is 0 Å². The molecule has 2 unspecified atom stereocenters. The zero-order valence-electron chi connectivity index (χ0n) is 10.9. The molecule has 1 aliphatic rings. The van der Waals surface area contributed by atoms with Crippen LogP contribution in [0.2, 0.25) is 5.15 Å². The molecule has 0 bridgehead atoms. The molecule has 1 aromatic rings. The summed E-state index contributed by atoms with van der Waals surface area (Å²) in [5.74, 6) is 0.847. The molecule has 4 nitrogen and oxygen atoms in total. The highest BCUT2D eigenvalue weighted by Crippen LogP contribution is 2.24. The Morgan fingerprint density at radius 2 is 2.39 bits per heavy atom. The number of hydrogen-bond acceptors (Lipinski definition) is 4. The molecule has 5 heteroatoms. The standard InChI is InChI=1S/C13H20ClN3O/c1-3-5-10-12(14)15-8-16-13(10)17-9(2)11-6-4-7-18-11/h8-9,11H,3-7H2,1-2H3,(H,15,16,17). The van der Waals surface area contributed by atoms with Gasteiger partial charge >= 0.3 is 0 Å². The Balaban J connectivity index is 2.09. The molecule has 0 radical (unpaired) electrons. The van der Waals surface area contributed by atoms with Crippen molar-refractivity contribution in [3.8, 4) is 0 Å². The lowest BCUT2D eigenvalue weighted by Crippen LogP contribution is -2.31. The van der Waals surface area contributed by atoms with Gasteiger partial charge in [0.15, 0.2) is 0 Å². The third kappa shape index (κ3) is 3.12. The molecule has 1 saturated heterocycles. The van der Waals surface area contributed by atoms with Crippen molar-refractivity contribution in [3.05, 3.63) is 17.0 Å². The first-order chi connectivity index (χ1) is 8.72. The van der Waals surface area contributed by atoms with Crippen LogP contribution in [-0.2, 0) is 11.2 Å². The Hall–Kier alpha value is -0.870. The summed E-state index contributed by atoms with van der Waals surface area (Å²) in [5, 5.41) is 3.97. The van der Waals surface area contributed by atoms with Crippen molar-refractivity contribution in [2.75, 3.05) is 11.9 Å². The minimum absolute atomic E-state index is 0.245. The van der Waals surface area contributed by atoms with Crippen LogP contribution in [0.5, 0.6) is 0 Å². The van der Waals surface area contributed by atoms with Crippen molar-refractivity contribution in [2.45, 2.75) is 51.7 Å². The third-order valence-corrected chi connectivity index (χ3v) is 3.61. The van der Waals surface area contributed by atoms with E-state index in [-0.39, 0.29) is 12.1 Å². The van der Waals surface area contributed by atoms with Crippen molar-refractivity contribution in [1.82, 2.24) is 9.97 Å². The summed E-state index contributed by atoms with van der Waals surface area (Å²) in [6.07, 6.45) is 5.94. The smallest absolute Gasteiger partial charge is 0.137 e. The van der Waals surface area contributed by atoms with Crippen LogP contribution in [0.25, 0.3) is 0 Å². The van der Waals surface area contributed by atoms with Crippen LogP contribution in [0.4, 0.5) is 5.82 Å². The average molecular weight is 270 g/mol. The van der Waals surface area contributed by atoms with E-state index in [0.29, 0.717) is 5.15 Å². The van der Waals surface area contributed by atoms with Crippen LogP contribution in [0.3, 0.4) is 0 Å². The van der Waals surface area contributed by atoms with Crippen LogP contribution >= 0.6 is 11.6 Å². The summed E-state index contributed by atoms with van der Waals surface area (Å²) >= 11 is 6.13. The Bertz CT molecular complexity index is 394. The Labute approximate surface area is 113 Å². The van der Waals surface area contributed by atoms with Crippen molar-refractivity contribution in [1.29, 1.82) is 0 Å². The Morgan fingerprint density at radius 3 is 3.06 bits per heavy atom. The van der Waals surface area contributed by atoms with Gasteiger partial charge in [0.25, 0.3) is 0 Å². The number of aromatic nitrogens is 2. The number of nitrogens with one attached hydrogen (secondary N) is 1. The van der Waals surface area contributed by atoms with Crippen molar-refractivity contribution >= 4 is 17.4 Å². The number of nitrogens with zero attached hydrogens (tertiary/aromatic N) is 2. The van der Waals surface area contributed by atoms with Gasteiger partial charge in [0.1, 0.15) is 17.3 Å². The quantitative estimate of drug-likeness (QED) is 0.835. The summed E-state index contributed by atoms with van der Waals surface area (Å²) in [5.41, 5.74) is 1.01. The number of rotatable bonds is 5. The maximum Gasteiger partial charge on any atom is 0.137 e. The van der Waals surface area contributed by atoms with Crippen LogP contribution < -0.4 is 5.32 Å². The molecule has 1 fully saturated rings. The van der Waals surface area contributed by atoms with E-state index < -0.39 is 0 Å². The van der Waals surface area contributed by atoms with Gasteiger partial charge in [0, 0.05) is 12.2 Å². The van der Waals surface area contributed by atoms with Crippen LogP contribution in [0, 0.1) is 0 Å². The SMILES string of the molecule is CCCc1c(Cl)ncnc1NC(C)C1CCCO1. The second-order valence-electron chi connectivity index (χ2n) is 4.73. The van der Waals surface area contributed by atoms with E-state index in [0.717, 1.165) is 43.7 Å². The molecule has 0 aromatic carbocycles. The fraction of sp³-hybridized carbons (Fsp3) is 0.692. The summed E-state index contributed by atoms with van der Waals surface area (Å²) in [4.78, 5) is 8.35. The number of anilines is 1. The first kappa shape index (κ1) is 13.6. The predicted octanol–water partition coefficient (Wildman–Crippen LogP) is 3.06.